The Hall–Kier alpha value is -3.47. The second-order valence-corrected chi connectivity index (χ2v) is 10.6. The van der Waals surface area contributed by atoms with E-state index in [2.05, 4.69) is 85.6 Å². The van der Waals surface area contributed by atoms with E-state index in [4.69, 9.17) is 19.3 Å². The average molecular weight is 527 g/mol. The predicted molar refractivity (Wildman–Crippen MR) is 158 cm³/mol. The first-order valence-electron chi connectivity index (χ1n) is 14.8. The number of benzene rings is 3. The van der Waals surface area contributed by atoms with E-state index in [0.717, 1.165) is 73.0 Å². The van der Waals surface area contributed by atoms with Gasteiger partial charge in [-0.3, -0.25) is 0 Å². The number of ether oxygens (including phenoxy) is 3. The summed E-state index contributed by atoms with van der Waals surface area (Å²) in [6.45, 7) is 5.95. The Bertz CT molecular complexity index is 1210. The topological polar surface area (TPSA) is 43.3 Å². The molecule has 0 aromatic heterocycles. The molecule has 0 fully saturated rings. The normalized spacial score (nSPS) is 17.7. The maximum Gasteiger partial charge on any atom is 0.213 e. The van der Waals surface area contributed by atoms with Crippen molar-refractivity contribution in [2.75, 3.05) is 13.2 Å². The first-order chi connectivity index (χ1) is 19.3. The molecule has 0 saturated heterocycles. The molecule has 0 saturated carbocycles. The quantitative estimate of drug-likeness (QED) is 0.197. The number of fused-ring (bicyclic) bond motifs is 3. The van der Waals surface area contributed by atoms with Crippen LogP contribution in [0.2, 0.25) is 0 Å². The predicted octanol–water partition coefficient (Wildman–Crippen LogP) is 8.85. The van der Waals surface area contributed by atoms with E-state index in [1.165, 1.54) is 37.7 Å². The van der Waals surface area contributed by atoms with Crippen LogP contribution in [0.4, 0.5) is 0 Å². The lowest BCUT2D eigenvalue weighted by Gasteiger charge is -2.38. The Morgan fingerprint density at radius 1 is 0.744 bits per heavy atom. The molecule has 5 rings (SSSR count). The maximum atomic E-state index is 6.53. The SMILES string of the molecule is CCCCCCCCOc1ccc([C@H]2Oc3ccccc3[C@@H]3CC(c4ccc(OCCCC)cc4)=NN23)cc1. The fraction of sp³-hybridized carbons (Fsp3) is 0.441. The van der Waals surface area contributed by atoms with Gasteiger partial charge in [0.15, 0.2) is 0 Å². The van der Waals surface area contributed by atoms with Crippen LogP contribution in [-0.4, -0.2) is 23.9 Å². The second-order valence-electron chi connectivity index (χ2n) is 10.6. The molecule has 5 nitrogen and oxygen atoms in total. The lowest BCUT2D eigenvalue weighted by Crippen LogP contribution is -2.33. The third kappa shape index (κ3) is 6.76. The van der Waals surface area contributed by atoms with Crippen LogP contribution in [-0.2, 0) is 0 Å². The van der Waals surface area contributed by atoms with Gasteiger partial charge < -0.3 is 14.2 Å². The van der Waals surface area contributed by atoms with Gasteiger partial charge in [0.25, 0.3) is 0 Å². The number of unbranched alkanes of at least 4 members (excludes halogenated alkanes) is 6. The van der Waals surface area contributed by atoms with Gasteiger partial charge in [0.1, 0.15) is 17.2 Å². The summed E-state index contributed by atoms with van der Waals surface area (Å²) in [4.78, 5) is 0. The van der Waals surface area contributed by atoms with Gasteiger partial charge in [0.05, 0.1) is 25.0 Å². The molecule has 2 aliphatic rings. The van der Waals surface area contributed by atoms with Crippen LogP contribution in [0.3, 0.4) is 0 Å². The lowest BCUT2D eigenvalue weighted by atomic mass is 9.96. The molecule has 39 heavy (non-hydrogen) atoms. The van der Waals surface area contributed by atoms with Crippen LogP contribution >= 0.6 is 0 Å². The Morgan fingerprint density at radius 2 is 1.38 bits per heavy atom. The zero-order valence-electron chi connectivity index (χ0n) is 23.5. The summed E-state index contributed by atoms with van der Waals surface area (Å²) in [6.07, 6.45) is 10.3. The lowest BCUT2D eigenvalue weighted by molar-refractivity contribution is -0.0190. The highest BCUT2D eigenvalue weighted by molar-refractivity contribution is 6.02. The van der Waals surface area contributed by atoms with Crippen LogP contribution in [0.25, 0.3) is 0 Å². The van der Waals surface area contributed by atoms with Crippen molar-refractivity contribution in [3.05, 3.63) is 89.5 Å². The van der Waals surface area contributed by atoms with Crippen molar-refractivity contribution in [3.63, 3.8) is 0 Å². The molecule has 2 aliphatic heterocycles. The van der Waals surface area contributed by atoms with Crippen LogP contribution in [0.15, 0.2) is 77.9 Å². The van der Waals surface area contributed by atoms with Crippen molar-refractivity contribution in [3.8, 4) is 17.2 Å². The minimum atomic E-state index is -0.285. The number of hydrogen-bond donors (Lipinski definition) is 0. The molecular formula is C34H42N2O3. The molecule has 3 aromatic rings. The molecule has 2 heterocycles. The molecule has 0 unspecified atom stereocenters. The monoisotopic (exact) mass is 526 g/mol. The minimum Gasteiger partial charge on any atom is -0.494 e. The molecule has 2 atom stereocenters. The molecule has 0 radical (unpaired) electrons. The van der Waals surface area contributed by atoms with Crippen molar-refractivity contribution in [1.82, 2.24) is 5.01 Å². The van der Waals surface area contributed by atoms with Crippen molar-refractivity contribution in [2.45, 2.75) is 83.9 Å². The van der Waals surface area contributed by atoms with E-state index in [9.17, 15) is 0 Å². The summed E-state index contributed by atoms with van der Waals surface area (Å²) in [5.41, 5.74) is 4.46. The van der Waals surface area contributed by atoms with E-state index in [-0.39, 0.29) is 12.3 Å². The number of nitrogens with zero attached hydrogens (tertiary/aromatic N) is 2. The van der Waals surface area contributed by atoms with Gasteiger partial charge in [0.2, 0.25) is 6.23 Å². The third-order valence-electron chi connectivity index (χ3n) is 7.59. The van der Waals surface area contributed by atoms with Crippen molar-refractivity contribution < 1.29 is 14.2 Å². The van der Waals surface area contributed by atoms with Gasteiger partial charge in [-0.25, -0.2) is 5.01 Å². The Balaban J connectivity index is 1.27. The summed E-state index contributed by atoms with van der Waals surface area (Å²) in [5, 5.41) is 7.24. The molecule has 3 aromatic carbocycles. The van der Waals surface area contributed by atoms with Crippen molar-refractivity contribution in [1.29, 1.82) is 0 Å². The molecule has 5 heteroatoms. The molecule has 0 bridgehead atoms. The van der Waals surface area contributed by atoms with Crippen molar-refractivity contribution in [2.24, 2.45) is 5.10 Å². The highest BCUT2D eigenvalue weighted by Gasteiger charge is 2.40. The Morgan fingerprint density at radius 3 is 2.13 bits per heavy atom. The molecule has 206 valence electrons. The molecule has 0 aliphatic carbocycles. The van der Waals surface area contributed by atoms with Crippen molar-refractivity contribution >= 4 is 5.71 Å². The highest BCUT2D eigenvalue weighted by atomic mass is 16.5. The van der Waals surface area contributed by atoms with Crippen LogP contribution in [0.1, 0.15) is 101 Å². The minimum absolute atomic E-state index is 0.138. The molecule has 0 spiro atoms. The number of hydrogen-bond acceptors (Lipinski definition) is 5. The van der Waals surface area contributed by atoms with Crippen LogP contribution < -0.4 is 14.2 Å². The fourth-order valence-corrected chi connectivity index (χ4v) is 5.31. The van der Waals surface area contributed by atoms with Gasteiger partial charge in [0, 0.05) is 17.5 Å². The zero-order chi connectivity index (χ0) is 26.9. The smallest absolute Gasteiger partial charge is 0.213 e. The number of rotatable bonds is 14. The van der Waals surface area contributed by atoms with Gasteiger partial charge in [-0.1, -0.05) is 70.6 Å². The van der Waals surface area contributed by atoms with E-state index >= 15 is 0 Å². The third-order valence-corrected chi connectivity index (χ3v) is 7.59. The molecule has 0 amide bonds. The summed E-state index contributed by atoms with van der Waals surface area (Å²) in [7, 11) is 0. The standard InChI is InChI=1S/C34H42N2O3/c1-3-5-7-8-9-12-24-38-29-21-17-27(18-22-29)34-36-32(30-13-10-11-14-33(30)39-34)25-31(35-36)26-15-19-28(20-16-26)37-23-6-4-2/h10-11,13-22,32,34H,3-9,12,23-25H2,1-2H3/t32-,34+/m0/s1. The van der Waals surface area contributed by atoms with E-state index in [0.29, 0.717) is 0 Å². The Kier molecular flexibility index (Phi) is 9.42. The molecule has 0 N–H and O–H groups in total. The summed E-state index contributed by atoms with van der Waals surface area (Å²) in [6, 6.07) is 25.2. The van der Waals surface area contributed by atoms with Crippen LogP contribution in [0.5, 0.6) is 17.2 Å². The first-order valence-corrected chi connectivity index (χ1v) is 14.8. The van der Waals surface area contributed by atoms with Gasteiger partial charge >= 0.3 is 0 Å². The second kappa shape index (κ2) is 13.5. The zero-order valence-corrected chi connectivity index (χ0v) is 23.5. The molecular weight excluding hydrogens is 484 g/mol. The highest BCUT2D eigenvalue weighted by Crippen LogP contribution is 2.47. The maximum absolute atomic E-state index is 6.53. The van der Waals surface area contributed by atoms with E-state index < -0.39 is 0 Å². The number of para-hydroxylation sites is 1. The van der Waals surface area contributed by atoms with Gasteiger partial charge in [-0.15, -0.1) is 0 Å². The summed E-state index contributed by atoms with van der Waals surface area (Å²) >= 11 is 0. The Labute approximate surface area is 233 Å². The number of hydrazone groups is 1. The van der Waals surface area contributed by atoms with E-state index in [1.54, 1.807) is 0 Å². The summed E-state index contributed by atoms with van der Waals surface area (Å²) < 4.78 is 18.4. The average Bonchev–Trinajstić information content (AvgIpc) is 3.43. The first kappa shape index (κ1) is 27.1. The van der Waals surface area contributed by atoms with Gasteiger partial charge in [-0.2, -0.15) is 5.10 Å². The van der Waals surface area contributed by atoms with E-state index in [1.807, 2.05) is 6.07 Å². The van der Waals surface area contributed by atoms with Crippen LogP contribution in [0, 0.1) is 0 Å². The van der Waals surface area contributed by atoms with Gasteiger partial charge in [-0.05, 0) is 73.0 Å². The largest absolute Gasteiger partial charge is 0.494 e. The fourth-order valence-electron chi connectivity index (χ4n) is 5.31. The summed E-state index contributed by atoms with van der Waals surface area (Å²) in [5.74, 6) is 2.75.